The molecule has 0 fully saturated rings. The maximum Gasteiger partial charge on any atom is 0.258 e. The number of hydrogen-bond acceptors (Lipinski definition) is 11. The second-order valence-electron chi connectivity index (χ2n) is 13.3. The van der Waals surface area contributed by atoms with Gasteiger partial charge in [-0.3, -0.25) is 28.8 Å². The van der Waals surface area contributed by atoms with Crippen molar-refractivity contribution in [2.75, 3.05) is 21.3 Å². The number of ketones is 2. The van der Waals surface area contributed by atoms with Gasteiger partial charge in [0.1, 0.15) is 5.75 Å². The van der Waals surface area contributed by atoms with Crippen LogP contribution in [0.5, 0.6) is 5.75 Å². The number of amides is 4. The Bertz CT molecular complexity index is 2740. The molecule has 4 amide bonds. The third kappa shape index (κ3) is 13.4. The minimum Gasteiger partial charge on any atom is -0.473 e. The highest BCUT2D eigenvalue weighted by Gasteiger charge is 2.27. The number of alkyl halides is 1. The van der Waals surface area contributed by atoms with Crippen LogP contribution in [0.25, 0.3) is 0 Å². The van der Waals surface area contributed by atoms with Crippen LogP contribution in [0, 0.1) is 0 Å². The van der Waals surface area contributed by atoms with Crippen molar-refractivity contribution in [3.63, 3.8) is 0 Å². The molecule has 0 aromatic heterocycles. The van der Waals surface area contributed by atoms with Crippen LogP contribution in [-0.2, 0) is 19.2 Å². The smallest absolute Gasteiger partial charge is 0.258 e. The number of benzene rings is 5. The van der Waals surface area contributed by atoms with E-state index in [0.717, 1.165) is 13.8 Å². The van der Waals surface area contributed by atoms with Crippen LogP contribution in [0.1, 0.15) is 41.5 Å². The van der Waals surface area contributed by atoms with E-state index in [1.807, 2.05) is 0 Å². The zero-order valence-corrected chi connectivity index (χ0v) is 38.5. The van der Waals surface area contributed by atoms with E-state index in [1.54, 1.807) is 12.1 Å². The van der Waals surface area contributed by atoms with E-state index >= 15 is 0 Å². The van der Waals surface area contributed by atoms with Gasteiger partial charge in [0.15, 0.2) is 17.1 Å². The molecule has 0 spiro atoms. The first-order valence-electron chi connectivity index (χ1n) is 18.3. The predicted molar refractivity (Wildman–Crippen MR) is 249 cm³/mol. The van der Waals surface area contributed by atoms with Gasteiger partial charge < -0.3 is 26.0 Å². The van der Waals surface area contributed by atoms with Crippen molar-refractivity contribution >= 4 is 151 Å². The number of nitrogens with zero attached hydrogens (tertiary/aromatic N) is 4. The van der Waals surface area contributed by atoms with Crippen molar-refractivity contribution in [3.8, 4) is 5.75 Å². The lowest BCUT2D eigenvalue weighted by Gasteiger charge is -2.17. The molecule has 3 atom stereocenters. The molecule has 5 aromatic rings. The third-order valence-electron chi connectivity index (χ3n) is 8.38. The van der Waals surface area contributed by atoms with Gasteiger partial charge in [-0.05, 0) is 106 Å². The number of hydrogen-bond donors (Lipinski definition) is 4. The molecule has 0 aliphatic carbocycles. The molecule has 3 unspecified atom stereocenters. The molecule has 0 aliphatic rings. The first-order valence-corrected chi connectivity index (χ1v) is 21.0. The number of nitrogens with one attached hydrogen (secondary N) is 4. The van der Waals surface area contributed by atoms with Crippen LogP contribution < -0.4 is 26.0 Å². The second kappa shape index (κ2) is 22.3. The summed E-state index contributed by atoms with van der Waals surface area (Å²) in [6.07, 6.45) is 0. The molecule has 0 aliphatic heterocycles. The molecule has 5 aromatic carbocycles. The fourth-order valence-corrected chi connectivity index (χ4v) is 6.42. The number of Topliss-reactive ketones (excluding diaryl/α,β-unsaturated/α-hetero) is 2. The van der Waals surface area contributed by atoms with E-state index < -0.39 is 52.8 Å². The average molecular weight is 1010 g/mol. The topological polar surface area (TPSA) is 209 Å². The first-order chi connectivity index (χ1) is 30.3. The van der Waals surface area contributed by atoms with Crippen LogP contribution in [0.15, 0.2) is 111 Å². The molecule has 15 nitrogen and oxygen atoms in total. The lowest BCUT2D eigenvalue weighted by molar-refractivity contribution is -0.127. The Balaban J connectivity index is 1.29. The summed E-state index contributed by atoms with van der Waals surface area (Å²) in [6, 6.07) is 18.0. The van der Waals surface area contributed by atoms with Crippen molar-refractivity contribution in [1.29, 1.82) is 0 Å². The Morgan fingerprint density at radius 3 is 1.33 bits per heavy atom. The van der Waals surface area contributed by atoms with E-state index in [0.29, 0.717) is 21.4 Å². The molecule has 64 heavy (non-hydrogen) atoms. The fraction of sp³-hybridized carbons (Fsp3) is 0.143. The van der Waals surface area contributed by atoms with Crippen LogP contribution >= 0.6 is 81.2 Å². The molecule has 330 valence electrons. The van der Waals surface area contributed by atoms with E-state index in [9.17, 15) is 28.8 Å². The van der Waals surface area contributed by atoms with E-state index in [2.05, 4.69) is 41.7 Å². The average Bonchev–Trinajstić information content (AvgIpc) is 3.22. The van der Waals surface area contributed by atoms with Gasteiger partial charge in [0.2, 0.25) is 12.1 Å². The van der Waals surface area contributed by atoms with Crippen molar-refractivity contribution in [2.45, 2.75) is 38.4 Å². The van der Waals surface area contributed by atoms with Crippen molar-refractivity contribution in [1.82, 2.24) is 0 Å². The van der Waals surface area contributed by atoms with Crippen molar-refractivity contribution in [2.24, 2.45) is 20.5 Å². The molecule has 22 heteroatoms. The van der Waals surface area contributed by atoms with Gasteiger partial charge in [-0.15, -0.1) is 0 Å². The lowest BCUT2D eigenvalue weighted by Crippen LogP contribution is -2.32. The van der Waals surface area contributed by atoms with Gasteiger partial charge in [-0.1, -0.05) is 81.2 Å². The van der Waals surface area contributed by atoms with Crippen molar-refractivity contribution < 1.29 is 33.5 Å². The Labute approximate surface area is 399 Å². The molecule has 0 bridgehead atoms. The Hall–Kier alpha value is -5.65. The fourth-order valence-electron chi connectivity index (χ4n) is 5.32. The molecule has 5 rings (SSSR count). The van der Waals surface area contributed by atoms with Gasteiger partial charge in [-0.2, -0.15) is 20.5 Å². The summed E-state index contributed by atoms with van der Waals surface area (Å²) >= 11 is 42.7. The van der Waals surface area contributed by atoms with Crippen LogP contribution in [0.3, 0.4) is 0 Å². The number of azo groups is 2. The number of rotatable bonds is 16. The molecule has 0 radical (unpaired) electrons. The maximum atomic E-state index is 13.4. The number of halogens is 7. The summed E-state index contributed by atoms with van der Waals surface area (Å²) in [6.45, 7) is 3.75. The second-order valence-corrected chi connectivity index (χ2v) is 16.4. The molecular formula is C42H31Cl7N8O7. The standard InChI is InChI=1S/C42H31Cl7N8O7/c1-19(58)37(56-54-25-6-9-29(44)27(14-25)39(60)50-22-4-11-31(46)33(48)16-22)41(62)52-24-8-13-35(36(18-24)64-21(3)43)53-42(63)38(20(2)59)57-55-26-7-10-30(45)28(15-26)40(61)51-23-5-12-32(47)34(49)17-23/h4-18,21,37-38H,1-3H3,(H,50,60)(H,51,61)(H,52,62)(H,53,63). The summed E-state index contributed by atoms with van der Waals surface area (Å²) in [7, 11) is 0. The molecule has 4 N–H and O–H groups in total. The summed E-state index contributed by atoms with van der Waals surface area (Å²) in [4.78, 5) is 78.1. The lowest BCUT2D eigenvalue weighted by atomic mass is 10.1. The normalized spacial score (nSPS) is 12.6. The SMILES string of the molecule is CC(=O)C(N=Nc1ccc(Cl)c(C(=O)Nc2ccc(Cl)c(Cl)c2)c1)C(=O)Nc1ccc(NC(=O)C(N=Nc2ccc(Cl)c(C(=O)Nc3ccc(Cl)c(Cl)c3)c2)C(C)=O)c(OC(C)Cl)c1. The number of anilines is 4. The third-order valence-corrected chi connectivity index (χ3v) is 10.6. The number of ether oxygens (including phenoxy) is 1. The summed E-state index contributed by atoms with van der Waals surface area (Å²) < 4.78 is 5.67. The minimum absolute atomic E-state index is 0.00853. The molecule has 0 saturated heterocycles. The number of carbonyl (C=O) groups excluding carboxylic acids is 6. The van der Waals surface area contributed by atoms with Gasteiger partial charge in [0.25, 0.3) is 23.6 Å². The van der Waals surface area contributed by atoms with Crippen LogP contribution in [0.4, 0.5) is 34.1 Å². The number of carbonyl (C=O) groups is 6. The molecule has 0 saturated carbocycles. The molecular weight excluding hydrogens is 977 g/mol. The minimum atomic E-state index is -1.67. The predicted octanol–water partition coefficient (Wildman–Crippen LogP) is 12.4. The van der Waals surface area contributed by atoms with E-state index in [4.69, 9.17) is 85.9 Å². The van der Waals surface area contributed by atoms with Crippen LogP contribution in [-0.4, -0.2) is 52.8 Å². The summed E-state index contributed by atoms with van der Waals surface area (Å²) in [5.74, 6) is -4.43. The zero-order valence-electron chi connectivity index (χ0n) is 33.2. The quantitative estimate of drug-likeness (QED) is 0.0426. The van der Waals surface area contributed by atoms with E-state index in [-0.39, 0.29) is 59.7 Å². The summed E-state index contributed by atoms with van der Waals surface area (Å²) in [5, 5.41) is 27.5. The highest BCUT2D eigenvalue weighted by molar-refractivity contribution is 6.43. The highest BCUT2D eigenvalue weighted by atomic mass is 35.5. The van der Waals surface area contributed by atoms with Gasteiger partial charge in [0.05, 0.1) is 58.3 Å². The van der Waals surface area contributed by atoms with Gasteiger partial charge in [0, 0.05) is 23.1 Å². The Morgan fingerprint density at radius 2 is 0.906 bits per heavy atom. The summed E-state index contributed by atoms with van der Waals surface area (Å²) in [5.41, 5.74) is 0.0627. The van der Waals surface area contributed by atoms with Gasteiger partial charge >= 0.3 is 0 Å². The van der Waals surface area contributed by atoms with Gasteiger partial charge in [-0.25, -0.2) is 0 Å². The van der Waals surface area contributed by atoms with Crippen LogP contribution in [0.2, 0.25) is 30.1 Å². The first kappa shape index (κ1) is 49.4. The van der Waals surface area contributed by atoms with Crippen molar-refractivity contribution in [3.05, 3.63) is 132 Å². The zero-order chi connectivity index (χ0) is 46.8. The monoisotopic (exact) mass is 1000 g/mol. The largest absolute Gasteiger partial charge is 0.473 e. The maximum absolute atomic E-state index is 13.4. The Morgan fingerprint density at radius 1 is 0.500 bits per heavy atom. The van der Waals surface area contributed by atoms with E-state index in [1.165, 1.54) is 85.8 Å². The Kier molecular flexibility index (Phi) is 17.2. The highest BCUT2D eigenvalue weighted by Crippen LogP contribution is 2.32. The molecule has 0 heterocycles.